The van der Waals surface area contributed by atoms with E-state index in [-0.39, 0.29) is 27.7 Å². The number of fused-ring (bicyclic) bond motifs is 9. The van der Waals surface area contributed by atoms with Gasteiger partial charge in [0, 0.05) is 43.7 Å². The normalized spacial score (nSPS) is 19.3. The molecular formula is C48H31N3. The fraction of sp³-hybridized carbons (Fsp3) is 0. The first-order valence-electron chi connectivity index (χ1n) is 28.8. The standard InChI is InChI=1S/C48H31N3/c1-2-13-32(14-3-1)33-25-27-34(28-26-33)49-42-20-8-4-17-38(42)40-30-29-35(31-47(40)49)50-43-21-9-7-18-39(43)41-19-12-24-46(48(41)50)51-44-22-10-5-15-36(44)37-16-6-11-23-45(37)51/h1-31H/i1D,2D,3D,4D,5D,6D,7D,8D,9D,10D,11D,12D,13D,14D,15D,16D,17D,18D,19D,20D,21D,22D,23D,24D,29D,30D,31D. The molecule has 0 fully saturated rings. The van der Waals surface area contributed by atoms with Crippen molar-refractivity contribution in [2.45, 2.75) is 0 Å². The Hall–Kier alpha value is -6.84. The molecule has 0 aliphatic carbocycles. The van der Waals surface area contributed by atoms with E-state index in [2.05, 4.69) is 0 Å². The van der Waals surface area contributed by atoms with Crippen molar-refractivity contribution in [1.29, 1.82) is 0 Å². The Kier molecular flexibility index (Phi) is 2.65. The van der Waals surface area contributed by atoms with Crippen LogP contribution in [-0.2, 0) is 0 Å². The molecule has 0 atom stereocenters. The fourth-order valence-corrected chi connectivity index (χ4v) is 6.63. The van der Waals surface area contributed by atoms with Crippen LogP contribution in [0.25, 0.3) is 93.6 Å². The maximum Gasteiger partial charge on any atom is 0.0782 e. The van der Waals surface area contributed by atoms with E-state index in [0.29, 0.717) is 0 Å². The van der Waals surface area contributed by atoms with Crippen molar-refractivity contribution in [2.24, 2.45) is 0 Å². The van der Waals surface area contributed by atoms with Gasteiger partial charge in [0.15, 0.2) is 0 Å². The molecule has 3 nitrogen and oxygen atoms in total. The maximum absolute atomic E-state index is 10.3. The molecule has 0 bridgehead atoms. The van der Waals surface area contributed by atoms with Crippen LogP contribution in [0.5, 0.6) is 0 Å². The molecule has 0 aliphatic rings. The second-order valence-electron chi connectivity index (χ2n) is 11.3. The largest absolute Gasteiger partial charge is 0.309 e. The van der Waals surface area contributed by atoms with Gasteiger partial charge in [-0.3, -0.25) is 0 Å². The SMILES string of the molecule is [2H]c1c([2H])c([2H])c(-c2ccc(-n3c4c([2H])c([2H])c([2H])c([2H])c4c4c([2H])c([2H])c(-n5c6c([2H])c([2H])c([2H])c([2H])c6c6c([2H])c([2H])c([2H])c(-n7c8c([2H])c([2H])c([2H])c([2H])c8c8c([2H])c([2H])c([2H])c([2H])c87)c65)c([2H])c43)cc2)c([2H])c1[2H]. The van der Waals surface area contributed by atoms with Crippen LogP contribution in [0.3, 0.4) is 0 Å². The predicted octanol–water partition coefficient (Wildman–Crippen LogP) is 12.6. The van der Waals surface area contributed by atoms with E-state index in [9.17, 15) is 15.1 Å². The average Bonchev–Trinajstić information content (AvgIpc) is 4.12. The molecule has 11 rings (SSSR count). The van der Waals surface area contributed by atoms with Crippen LogP contribution in [0.4, 0.5) is 0 Å². The molecule has 0 radical (unpaired) electrons. The molecule has 8 aromatic carbocycles. The summed E-state index contributed by atoms with van der Waals surface area (Å²) in [5.41, 5.74) is -4.85. The molecule has 0 amide bonds. The van der Waals surface area contributed by atoms with Crippen molar-refractivity contribution < 1.29 is 37.0 Å². The minimum absolute atomic E-state index is 0.0214. The van der Waals surface area contributed by atoms with Crippen LogP contribution in [0.15, 0.2) is 187 Å². The third-order valence-corrected chi connectivity index (χ3v) is 8.73. The molecule has 0 saturated heterocycles. The topological polar surface area (TPSA) is 14.8 Å². The Morgan fingerprint density at radius 2 is 0.804 bits per heavy atom. The van der Waals surface area contributed by atoms with Crippen molar-refractivity contribution in [3.63, 3.8) is 0 Å². The van der Waals surface area contributed by atoms with E-state index >= 15 is 0 Å². The minimum atomic E-state index is -0.979. The summed E-state index contributed by atoms with van der Waals surface area (Å²) in [4.78, 5) is 0. The van der Waals surface area contributed by atoms with Crippen molar-refractivity contribution in [3.05, 3.63) is 187 Å². The number of aromatic nitrogens is 3. The fourth-order valence-electron chi connectivity index (χ4n) is 6.63. The summed E-state index contributed by atoms with van der Waals surface area (Å²) in [7, 11) is 0. The van der Waals surface area contributed by atoms with Crippen LogP contribution >= 0.6 is 0 Å². The van der Waals surface area contributed by atoms with Gasteiger partial charge in [0.05, 0.1) is 75.8 Å². The molecule has 0 N–H and O–H groups in total. The summed E-state index contributed by atoms with van der Waals surface area (Å²) in [5, 5.41) is -2.85. The van der Waals surface area contributed by atoms with E-state index < -0.39 is 229 Å². The summed E-state index contributed by atoms with van der Waals surface area (Å²) in [6.07, 6.45) is 0. The lowest BCUT2D eigenvalue weighted by Crippen LogP contribution is -2.01. The molecule has 11 aromatic rings. The molecule has 0 unspecified atom stereocenters. The third kappa shape index (κ3) is 4.06. The Morgan fingerprint density at radius 1 is 0.314 bits per heavy atom. The van der Waals surface area contributed by atoms with Crippen molar-refractivity contribution in [2.75, 3.05) is 0 Å². The minimum Gasteiger partial charge on any atom is -0.309 e. The van der Waals surface area contributed by atoms with Crippen LogP contribution in [0.1, 0.15) is 37.0 Å². The molecular weight excluding hydrogens is 619 g/mol. The zero-order valence-corrected chi connectivity index (χ0v) is 25.7. The molecule has 0 aliphatic heterocycles. The summed E-state index contributed by atoms with van der Waals surface area (Å²) in [6.45, 7) is 0. The highest BCUT2D eigenvalue weighted by Gasteiger charge is 2.21. The van der Waals surface area contributed by atoms with Gasteiger partial charge in [0.2, 0.25) is 0 Å². The Labute approximate surface area is 332 Å². The second kappa shape index (κ2) is 10.8. The number of nitrogens with zero attached hydrogens (tertiary/aromatic N) is 3. The lowest BCUT2D eigenvalue weighted by atomic mass is 10.1. The summed E-state index contributed by atoms with van der Waals surface area (Å²) < 4.78 is 246. The molecule has 51 heavy (non-hydrogen) atoms. The van der Waals surface area contributed by atoms with Gasteiger partial charge in [-0.1, -0.05) is 133 Å². The summed E-state index contributed by atoms with van der Waals surface area (Å²) in [6, 6.07) is -16.3. The van der Waals surface area contributed by atoms with Crippen molar-refractivity contribution in [3.8, 4) is 28.2 Å². The van der Waals surface area contributed by atoms with Gasteiger partial charge in [0.1, 0.15) is 0 Å². The Bertz CT molecular complexity index is 4580. The van der Waals surface area contributed by atoms with Gasteiger partial charge in [-0.15, -0.1) is 0 Å². The van der Waals surface area contributed by atoms with E-state index in [0.717, 1.165) is 13.7 Å². The van der Waals surface area contributed by atoms with Gasteiger partial charge in [-0.05, 0) is 65.6 Å². The zero-order valence-electron chi connectivity index (χ0n) is 52.7. The van der Waals surface area contributed by atoms with E-state index in [1.165, 1.54) is 24.3 Å². The quantitative estimate of drug-likeness (QED) is 0.176. The molecule has 3 heterocycles. The number of benzene rings is 8. The van der Waals surface area contributed by atoms with Crippen molar-refractivity contribution in [1.82, 2.24) is 13.7 Å². The zero-order chi connectivity index (χ0) is 57.0. The van der Waals surface area contributed by atoms with Crippen molar-refractivity contribution >= 4 is 65.4 Å². The highest BCUT2D eigenvalue weighted by atomic mass is 15.1. The van der Waals surface area contributed by atoms with Crippen LogP contribution in [0.2, 0.25) is 0 Å². The highest BCUT2D eigenvalue weighted by Crippen LogP contribution is 2.41. The first-order chi connectivity index (χ1) is 36.6. The molecule has 0 spiro atoms. The molecule has 3 aromatic heterocycles. The maximum atomic E-state index is 10.3. The van der Waals surface area contributed by atoms with Gasteiger partial charge in [0.25, 0.3) is 0 Å². The predicted molar refractivity (Wildman–Crippen MR) is 215 cm³/mol. The number of hydrogen-bond donors (Lipinski definition) is 0. The summed E-state index contributed by atoms with van der Waals surface area (Å²) >= 11 is 0. The molecule has 0 saturated carbocycles. The second-order valence-corrected chi connectivity index (χ2v) is 11.3. The molecule has 238 valence electrons. The van der Waals surface area contributed by atoms with Crippen LogP contribution in [-0.4, -0.2) is 13.7 Å². The van der Waals surface area contributed by atoms with E-state index in [4.69, 9.17) is 21.9 Å². The summed E-state index contributed by atoms with van der Waals surface area (Å²) in [5.74, 6) is 0. The van der Waals surface area contributed by atoms with Crippen LogP contribution in [0, 0.1) is 0 Å². The van der Waals surface area contributed by atoms with Crippen LogP contribution < -0.4 is 0 Å². The molecule has 3 heteroatoms. The lowest BCUT2D eigenvalue weighted by Gasteiger charge is -2.15. The highest BCUT2D eigenvalue weighted by molar-refractivity contribution is 6.16. The average molecular weight is 677 g/mol. The van der Waals surface area contributed by atoms with Gasteiger partial charge < -0.3 is 13.7 Å². The number of rotatable bonds is 4. The Balaban J connectivity index is 1.41. The van der Waals surface area contributed by atoms with Gasteiger partial charge >= 0.3 is 0 Å². The van der Waals surface area contributed by atoms with Gasteiger partial charge in [-0.2, -0.15) is 0 Å². The Morgan fingerprint density at radius 3 is 1.43 bits per heavy atom. The van der Waals surface area contributed by atoms with E-state index in [1.54, 1.807) is 0 Å². The third-order valence-electron chi connectivity index (χ3n) is 8.73. The lowest BCUT2D eigenvalue weighted by molar-refractivity contribution is 1.13. The monoisotopic (exact) mass is 676 g/mol. The number of para-hydroxylation sites is 5. The first-order valence-corrected chi connectivity index (χ1v) is 15.3. The number of hydrogen-bond acceptors (Lipinski definition) is 0. The van der Waals surface area contributed by atoms with Gasteiger partial charge in [-0.25, -0.2) is 0 Å². The smallest absolute Gasteiger partial charge is 0.0782 e. The van der Waals surface area contributed by atoms with E-state index in [1.807, 2.05) is 0 Å². The first kappa shape index (κ1) is 12.5.